The number of hydrogen-bond donors (Lipinski definition) is 0. The van der Waals surface area contributed by atoms with Crippen molar-refractivity contribution in [1.29, 1.82) is 0 Å². The van der Waals surface area contributed by atoms with Gasteiger partial charge < -0.3 is 24.2 Å². The van der Waals surface area contributed by atoms with Gasteiger partial charge in [-0.3, -0.25) is 0 Å². The second kappa shape index (κ2) is 13.5. The Morgan fingerprint density at radius 3 is 2.30 bits per heavy atom. The number of hydrogen-bond acceptors (Lipinski definition) is 5. The molecule has 1 aliphatic heterocycles. The molecule has 5 nitrogen and oxygen atoms in total. The molecule has 3 aromatic carbocycles. The number of anilines is 2. The maximum Gasteiger partial charge on any atom is 0.120 e. The summed E-state index contributed by atoms with van der Waals surface area (Å²) < 4.78 is 11.2. The van der Waals surface area contributed by atoms with Crippen molar-refractivity contribution in [2.75, 3.05) is 63.8 Å². The van der Waals surface area contributed by atoms with Gasteiger partial charge in [0.15, 0.2) is 0 Å². The van der Waals surface area contributed by atoms with E-state index in [1.807, 2.05) is 0 Å². The van der Waals surface area contributed by atoms with Crippen LogP contribution in [0, 0.1) is 0 Å². The molecule has 1 saturated heterocycles. The summed E-state index contributed by atoms with van der Waals surface area (Å²) in [5.74, 6) is 2.37. The number of likely N-dealkylation sites (N-methyl/N-ethyl adjacent to an activating group) is 1. The van der Waals surface area contributed by atoms with Crippen LogP contribution in [0.15, 0.2) is 60.7 Å². The zero-order valence-electron chi connectivity index (χ0n) is 25.0. The van der Waals surface area contributed by atoms with E-state index in [0.717, 1.165) is 56.9 Å². The van der Waals surface area contributed by atoms with Crippen molar-refractivity contribution in [1.82, 2.24) is 4.90 Å². The van der Waals surface area contributed by atoms with Gasteiger partial charge in [0.05, 0.1) is 14.2 Å². The fourth-order valence-corrected chi connectivity index (χ4v) is 6.44. The van der Waals surface area contributed by atoms with E-state index in [4.69, 9.17) is 9.47 Å². The van der Waals surface area contributed by atoms with Gasteiger partial charge in [-0.1, -0.05) is 30.7 Å². The topological polar surface area (TPSA) is 28.2 Å². The van der Waals surface area contributed by atoms with Gasteiger partial charge in [-0.25, -0.2) is 0 Å². The van der Waals surface area contributed by atoms with Crippen LogP contribution >= 0.6 is 0 Å². The van der Waals surface area contributed by atoms with Crippen LogP contribution < -0.4 is 19.3 Å². The lowest BCUT2D eigenvalue weighted by Crippen LogP contribution is -2.36. The standard InChI is InChI=1S/C35H47N3O2/c1-5-38(26-27-9-14-31(15-10-27)36(2)21-22-37-19-7-6-8-20-37)35-25-33(40-4)17-18-34(35)30-12-11-29-24-32(39-3)16-13-28(29)23-30/h9-10,13-18,24-25,30H,5-8,11-12,19-23,26H2,1-4H3. The first kappa shape index (κ1) is 28.4. The molecule has 0 aromatic heterocycles. The summed E-state index contributed by atoms with van der Waals surface area (Å²) in [7, 11) is 5.73. The average Bonchev–Trinajstić information content (AvgIpc) is 3.02. The van der Waals surface area contributed by atoms with Gasteiger partial charge >= 0.3 is 0 Å². The fraction of sp³-hybridized carbons (Fsp3) is 0.486. The third kappa shape index (κ3) is 6.75. The molecule has 0 N–H and O–H groups in total. The zero-order chi connectivity index (χ0) is 27.9. The predicted molar refractivity (Wildman–Crippen MR) is 167 cm³/mol. The maximum absolute atomic E-state index is 5.68. The highest BCUT2D eigenvalue weighted by Gasteiger charge is 2.25. The smallest absolute Gasteiger partial charge is 0.120 e. The number of nitrogens with zero attached hydrogens (tertiary/aromatic N) is 3. The monoisotopic (exact) mass is 541 g/mol. The zero-order valence-corrected chi connectivity index (χ0v) is 25.0. The lowest BCUT2D eigenvalue weighted by molar-refractivity contribution is 0.234. The quantitative estimate of drug-likeness (QED) is 0.263. The third-order valence-corrected chi connectivity index (χ3v) is 8.99. The molecule has 5 rings (SSSR count). The van der Waals surface area contributed by atoms with Gasteiger partial charge in [0.2, 0.25) is 0 Å². The minimum absolute atomic E-state index is 0.492. The molecule has 0 amide bonds. The van der Waals surface area contributed by atoms with Crippen LogP contribution in [0.1, 0.15) is 60.8 Å². The summed E-state index contributed by atoms with van der Waals surface area (Å²) >= 11 is 0. The van der Waals surface area contributed by atoms with Crippen molar-refractivity contribution in [3.63, 3.8) is 0 Å². The number of methoxy groups -OCH3 is 2. The minimum Gasteiger partial charge on any atom is -0.497 e. The van der Waals surface area contributed by atoms with E-state index in [9.17, 15) is 0 Å². The molecular formula is C35H47N3O2. The van der Waals surface area contributed by atoms with E-state index in [2.05, 4.69) is 89.3 Å². The molecule has 1 heterocycles. The Morgan fingerprint density at radius 1 is 0.850 bits per heavy atom. The third-order valence-electron chi connectivity index (χ3n) is 8.99. The number of ether oxygens (including phenoxy) is 2. The lowest BCUT2D eigenvalue weighted by Gasteiger charge is -2.32. The van der Waals surface area contributed by atoms with Gasteiger partial charge in [-0.2, -0.15) is 0 Å². The van der Waals surface area contributed by atoms with Gasteiger partial charge in [-0.05, 0) is 111 Å². The van der Waals surface area contributed by atoms with Crippen LogP contribution in [0.25, 0.3) is 0 Å². The second-order valence-corrected chi connectivity index (χ2v) is 11.5. The second-order valence-electron chi connectivity index (χ2n) is 11.5. The van der Waals surface area contributed by atoms with Crippen LogP contribution in [0.2, 0.25) is 0 Å². The maximum atomic E-state index is 5.68. The van der Waals surface area contributed by atoms with Crippen molar-refractivity contribution in [3.05, 3.63) is 82.9 Å². The molecule has 40 heavy (non-hydrogen) atoms. The highest BCUT2D eigenvalue weighted by atomic mass is 16.5. The predicted octanol–water partition coefficient (Wildman–Crippen LogP) is 6.92. The Kier molecular flexibility index (Phi) is 9.53. The Hall–Kier alpha value is -3.18. The molecule has 1 unspecified atom stereocenters. The highest BCUT2D eigenvalue weighted by molar-refractivity contribution is 5.60. The average molecular weight is 542 g/mol. The molecule has 5 heteroatoms. The molecule has 1 fully saturated rings. The van der Waals surface area contributed by atoms with Crippen molar-refractivity contribution >= 4 is 11.4 Å². The van der Waals surface area contributed by atoms with E-state index < -0.39 is 0 Å². The molecule has 3 aromatic rings. The van der Waals surface area contributed by atoms with Gasteiger partial charge in [0, 0.05) is 50.7 Å². The first-order valence-electron chi connectivity index (χ1n) is 15.2. The first-order chi connectivity index (χ1) is 19.6. The van der Waals surface area contributed by atoms with E-state index in [0.29, 0.717) is 5.92 Å². The number of fused-ring (bicyclic) bond motifs is 1. The van der Waals surface area contributed by atoms with E-state index in [-0.39, 0.29) is 0 Å². The molecule has 2 aliphatic rings. The van der Waals surface area contributed by atoms with Gasteiger partial charge in [0.25, 0.3) is 0 Å². The summed E-state index contributed by atoms with van der Waals surface area (Å²) in [6.45, 7) is 8.83. The first-order valence-corrected chi connectivity index (χ1v) is 15.2. The highest BCUT2D eigenvalue weighted by Crippen LogP contribution is 2.40. The molecule has 0 bridgehead atoms. The van der Waals surface area contributed by atoms with Crippen LogP contribution in [0.3, 0.4) is 0 Å². The van der Waals surface area contributed by atoms with Gasteiger partial charge in [0.1, 0.15) is 11.5 Å². The van der Waals surface area contributed by atoms with Crippen LogP contribution in [0.5, 0.6) is 11.5 Å². The van der Waals surface area contributed by atoms with Crippen LogP contribution in [0.4, 0.5) is 11.4 Å². The van der Waals surface area contributed by atoms with Crippen LogP contribution in [-0.4, -0.2) is 58.9 Å². The van der Waals surface area contributed by atoms with Crippen molar-refractivity contribution in [3.8, 4) is 11.5 Å². The van der Waals surface area contributed by atoms with Crippen molar-refractivity contribution < 1.29 is 9.47 Å². The molecule has 0 saturated carbocycles. The number of likely N-dealkylation sites (tertiary alicyclic amines) is 1. The van der Waals surface area contributed by atoms with E-state index in [1.165, 1.54) is 66.0 Å². The van der Waals surface area contributed by atoms with Crippen molar-refractivity contribution in [2.24, 2.45) is 0 Å². The minimum atomic E-state index is 0.492. The lowest BCUT2D eigenvalue weighted by atomic mass is 9.79. The molecule has 214 valence electrons. The van der Waals surface area contributed by atoms with Crippen LogP contribution in [-0.2, 0) is 19.4 Å². The molecule has 1 atom stereocenters. The Bertz CT molecular complexity index is 1240. The SMILES string of the molecule is CCN(Cc1ccc(N(C)CCN2CCCCC2)cc1)c1cc(OC)ccc1C1CCc2cc(OC)ccc2C1. The molecule has 1 aliphatic carbocycles. The molecule has 0 spiro atoms. The summed E-state index contributed by atoms with van der Waals surface area (Å²) in [4.78, 5) is 7.52. The largest absolute Gasteiger partial charge is 0.497 e. The Labute approximate surface area is 241 Å². The van der Waals surface area contributed by atoms with E-state index in [1.54, 1.807) is 14.2 Å². The summed E-state index contributed by atoms with van der Waals surface area (Å²) in [5.41, 5.74) is 8.24. The van der Waals surface area contributed by atoms with Crippen molar-refractivity contribution in [2.45, 2.75) is 57.9 Å². The number of aryl methyl sites for hydroxylation is 1. The summed E-state index contributed by atoms with van der Waals surface area (Å²) in [6, 6.07) is 22.4. The molecular weight excluding hydrogens is 494 g/mol. The molecule has 0 radical (unpaired) electrons. The fourth-order valence-electron chi connectivity index (χ4n) is 6.44. The summed E-state index contributed by atoms with van der Waals surface area (Å²) in [6.07, 6.45) is 7.39. The number of piperidine rings is 1. The summed E-state index contributed by atoms with van der Waals surface area (Å²) in [5, 5.41) is 0. The Balaban J connectivity index is 1.29. The van der Waals surface area contributed by atoms with Gasteiger partial charge in [-0.15, -0.1) is 0 Å². The number of rotatable bonds is 11. The van der Waals surface area contributed by atoms with E-state index >= 15 is 0 Å². The Morgan fingerprint density at radius 2 is 1.57 bits per heavy atom. The number of benzene rings is 3. The normalized spacial score (nSPS) is 17.2.